The van der Waals surface area contributed by atoms with Gasteiger partial charge in [-0.05, 0) is 50.5 Å². The van der Waals surface area contributed by atoms with E-state index < -0.39 is 11.9 Å². The van der Waals surface area contributed by atoms with Crippen LogP contribution >= 0.6 is 0 Å². The molecule has 152 valence electrons. The number of anilines is 1. The van der Waals surface area contributed by atoms with Crippen molar-refractivity contribution in [1.29, 1.82) is 0 Å². The lowest BCUT2D eigenvalue weighted by atomic mass is 10.0. The number of rotatable bonds is 5. The molecule has 0 fully saturated rings. The monoisotopic (exact) mass is 394 g/mol. The van der Waals surface area contributed by atoms with Gasteiger partial charge in [0.2, 0.25) is 0 Å². The van der Waals surface area contributed by atoms with Crippen LogP contribution in [0.15, 0.2) is 48.5 Å². The Morgan fingerprint density at radius 2 is 1.86 bits per heavy atom. The molecule has 1 aliphatic rings. The Bertz CT molecular complexity index is 912. The van der Waals surface area contributed by atoms with Gasteiger partial charge in [0.05, 0.1) is 6.54 Å². The number of amides is 3. The Hall–Kier alpha value is -3.35. The Balaban J connectivity index is 1.47. The summed E-state index contributed by atoms with van der Waals surface area (Å²) in [6, 6.07) is 14.3. The van der Waals surface area contributed by atoms with Gasteiger partial charge in [0.25, 0.3) is 17.7 Å². The number of aryl methyl sites for hydroxylation is 2. The molecule has 1 heterocycles. The van der Waals surface area contributed by atoms with Crippen molar-refractivity contribution < 1.29 is 14.4 Å². The Morgan fingerprint density at radius 3 is 2.66 bits per heavy atom. The van der Waals surface area contributed by atoms with Crippen molar-refractivity contribution in [3.63, 3.8) is 0 Å². The van der Waals surface area contributed by atoms with Gasteiger partial charge in [-0.3, -0.25) is 25.2 Å². The smallest absolute Gasteiger partial charge is 0.260 e. The van der Waals surface area contributed by atoms with Gasteiger partial charge >= 0.3 is 0 Å². The lowest BCUT2D eigenvalue weighted by Gasteiger charge is -2.30. The van der Waals surface area contributed by atoms with Gasteiger partial charge in [-0.25, -0.2) is 0 Å². The highest BCUT2D eigenvalue weighted by molar-refractivity contribution is 5.97. The van der Waals surface area contributed by atoms with Gasteiger partial charge < -0.3 is 10.2 Å². The van der Waals surface area contributed by atoms with Crippen LogP contribution < -0.4 is 21.1 Å². The van der Waals surface area contributed by atoms with Crippen LogP contribution in [0.5, 0.6) is 0 Å². The van der Waals surface area contributed by atoms with Crippen molar-refractivity contribution in [2.75, 3.05) is 18.0 Å². The first-order valence-corrected chi connectivity index (χ1v) is 9.73. The molecule has 2 aromatic rings. The molecule has 3 rings (SSSR count). The van der Waals surface area contributed by atoms with E-state index in [1.54, 1.807) is 25.1 Å². The van der Waals surface area contributed by atoms with E-state index in [2.05, 4.69) is 22.2 Å². The summed E-state index contributed by atoms with van der Waals surface area (Å²) >= 11 is 0. The number of hydrogen-bond acceptors (Lipinski definition) is 4. The first kappa shape index (κ1) is 20.4. The molecule has 0 spiro atoms. The van der Waals surface area contributed by atoms with Crippen molar-refractivity contribution in [2.45, 2.75) is 32.7 Å². The molecule has 0 bridgehead atoms. The molecule has 0 radical (unpaired) electrons. The fraction of sp³-hybridized carbons (Fsp3) is 0.318. The molecular weight excluding hydrogens is 368 g/mol. The molecule has 2 aromatic carbocycles. The largest absolute Gasteiger partial charge is 0.362 e. The maximum atomic E-state index is 12.3. The molecule has 7 nitrogen and oxygen atoms in total. The highest BCUT2D eigenvalue weighted by Gasteiger charge is 2.20. The number of carbonyl (C=O) groups excluding carboxylic acids is 3. The quantitative estimate of drug-likeness (QED) is 0.674. The lowest BCUT2D eigenvalue weighted by molar-refractivity contribution is -0.129. The van der Waals surface area contributed by atoms with Gasteiger partial charge in [0, 0.05) is 17.8 Å². The summed E-state index contributed by atoms with van der Waals surface area (Å²) in [5, 5.41) is 2.63. The number of nitrogens with one attached hydrogen (secondary N) is 3. The van der Waals surface area contributed by atoms with Crippen molar-refractivity contribution in [1.82, 2.24) is 16.2 Å². The standard InChI is InChI=1S/C22H26N4O3/c1-15-7-5-9-18(13-15)22(29)23-16(2)21(28)25-24-20(27)14-26-12-6-10-17-8-3-4-11-19(17)26/h3-5,7-9,11,13,16H,6,10,12,14H2,1-2H3,(H,23,29)(H,24,27)(H,25,28)/t16-/m0/s1. The molecule has 1 aliphatic heterocycles. The summed E-state index contributed by atoms with van der Waals surface area (Å²) in [5.41, 5.74) is 8.54. The zero-order chi connectivity index (χ0) is 20.8. The maximum absolute atomic E-state index is 12.3. The number of para-hydroxylation sites is 1. The first-order chi connectivity index (χ1) is 13.9. The molecular formula is C22H26N4O3. The summed E-state index contributed by atoms with van der Waals surface area (Å²) in [4.78, 5) is 38.7. The number of carbonyl (C=O) groups is 3. The number of hydrazine groups is 1. The summed E-state index contributed by atoms with van der Waals surface area (Å²) in [5.74, 6) is -1.14. The molecule has 1 atom stereocenters. The van der Waals surface area contributed by atoms with E-state index >= 15 is 0 Å². The van der Waals surface area contributed by atoms with E-state index in [9.17, 15) is 14.4 Å². The zero-order valence-corrected chi connectivity index (χ0v) is 16.7. The van der Waals surface area contributed by atoms with Crippen LogP contribution in [0.4, 0.5) is 5.69 Å². The van der Waals surface area contributed by atoms with E-state index in [1.807, 2.05) is 36.1 Å². The second-order valence-electron chi connectivity index (χ2n) is 7.26. The van der Waals surface area contributed by atoms with E-state index in [0.717, 1.165) is 30.6 Å². The zero-order valence-electron chi connectivity index (χ0n) is 16.7. The molecule has 29 heavy (non-hydrogen) atoms. The molecule has 0 saturated heterocycles. The fourth-order valence-corrected chi connectivity index (χ4v) is 3.36. The number of nitrogens with zero attached hydrogens (tertiary/aromatic N) is 1. The van der Waals surface area contributed by atoms with Crippen LogP contribution in [0.25, 0.3) is 0 Å². The van der Waals surface area contributed by atoms with E-state index in [-0.39, 0.29) is 18.4 Å². The Labute approximate surface area is 170 Å². The van der Waals surface area contributed by atoms with Gasteiger partial charge in [0.1, 0.15) is 6.04 Å². The molecule has 0 aliphatic carbocycles. The molecule has 7 heteroatoms. The van der Waals surface area contributed by atoms with E-state index in [1.165, 1.54) is 5.56 Å². The maximum Gasteiger partial charge on any atom is 0.260 e. The van der Waals surface area contributed by atoms with Crippen LogP contribution in [-0.2, 0) is 16.0 Å². The Morgan fingerprint density at radius 1 is 1.07 bits per heavy atom. The van der Waals surface area contributed by atoms with Crippen molar-refractivity contribution in [3.05, 3.63) is 65.2 Å². The minimum atomic E-state index is -0.793. The Kier molecular flexibility index (Phi) is 6.49. The second kappa shape index (κ2) is 9.23. The molecule has 3 N–H and O–H groups in total. The fourth-order valence-electron chi connectivity index (χ4n) is 3.36. The number of hydrogen-bond donors (Lipinski definition) is 3. The van der Waals surface area contributed by atoms with Gasteiger partial charge in [-0.2, -0.15) is 0 Å². The molecule has 0 saturated carbocycles. The second-order valence-corrected chi connectivity index (χ2v) is 7.26. The SMILES string of the molecule is Cc1cccc(C(=O)N[C@@H](C)C(=O)NNC(=O)CN2CCCc3ccccc32)c1. The normalized spacial score (nSPS) is 13.8. The number of fused-ring (bicyclic) bond motifs is 1. The van der Waals surface area contributed by atoms with Crippen LogP contribution in [0.1, 0.15) is 34.8 Å². The van der Waals surface area contributed by atoms with Crippen molar-refractivity contribution in [3.8, 4) is 0 Å². The third kappa shape index (κ3) is 5.34. The van der Waals surface area contributed by atoms with Gasteiger partial charge in [0.15, 0.2) is 0 Å². The highest BCUT2D eigenvalue weighted by Crippen LogP contribution is 2.26. The van der Waals surface area contributed by atoms with E-state index in [4.69, 9.17) is 0 Å². The number of benzene rings is 2. The summed E-state index contributed by atoms with van der Waals surface area (Å²) < 4.78 is 0. The van der Waals surface area contributed by atoms with Crippen LogP contribution in [0.3, 0.4) is 0 Å². The summed E-state index contributed by atoms with van der Waals surface area (Å²) in [6.45, 7) is 4.40. The third-order valence-corrected chi connectivity index (χ3v) is 4.89. The van der Waals surface area contributed by atoms with Crippen LogP contribution in [-0.4, -0.2) is 36.9 Å². The molecule has 0 unspecified atom stereocenters. The van der Waals surface area contributed by atoms with Gasteiger partial charge in [-0.15, -0.1) is 0 Å². The lowest BCUT2D eigenvalue weighted by Crippen LogP contribution is -2.53. The van der Waals surface area contributed by atoms with Crippen LogP contribution in [0.2, 0.25) is 0 Å². The predicted molar refractivity (Wildman–Crippen MR) is 111 cm³/mol. The van der Waals surface area contributed by atoms with Crippen molar-refractivity contribution in [2.24, 2.45) is 0 Å². The van der Waals surface area contributed by atoms with E-state index in [0.29, 0.717) is 5.56 Å². The minimum absolute atomic E-state index is 0.154. The summed E-state index contributed by atoms with van der Waals surface area (Å²) in [6.07, 6.45) is 1.99. The average molecular weight is 394 g/mol. The van der Waals surface area contributed by atoms with Gasteiger partial charge in [-0.1, -0.05) is 35.9 Å². The van der Waals surface area contributed by atoms with Crippen molar-refractivity contribution >= 4 is 23.4 Å². The highest BCUT2D eigenvalue weighted by atomic mass is 16.2. The minimum Gasteiger partial charge on any atom is -0.362 e. The third-order valence-electron chi connectivity index (χ3n) is 4.89. The topological polar surface area (TPSA) is 90.5 Å². The van der Waals surface area contributed by atoms with Crippen LogP contribution in [0, 0.1) is 6.92 Å². The average Bonchev–Trinajstić information content (AvgIpc) is 2.72. The first-order valence-electron chi connectivity index (χ1n) is 9.73. The molecule has 3 amide bonds. The molecule has 0 aromatic heterocycles. The summed E-state index contributed by atoms with van der Waals surface area (Å²) in [7, 11) is 0. The predicted octanol–water partition coefficient (Wildman–Crippen LogP) is 1.71.